The van der Waals surface area contributed by atoms with Crippen LogP contribution in [0.25, 0.3) is 0 Å². The molecule has 5 nitrogen and oxygen atoms in total. The molecule has 1 aromatic rings. The van der Waals surface area contributed by atoms with E-state index in [0.29, 0.717) is 0 Å². The van der Waals surface area contributed by atoms with Crippen LogP contribution in [0.4, 0.5) is 0 Å². The van der Waals surface area contributed by atoms with Gasteiger partial charge >= 0.3 is 0 Å². The Hall–Kier alpha value is -0.910. The fourth-order valence-electron chi connectivity index (χ4n) is 2.03. The second kappa shape index (κ2) is 6.87. The van der Waals surface area contributed by atoms with Crippen molar-refractivity contribution < 1.29 is 5.11 Å². The van der Waals surface area contributed by atoms with Gasteiger partial charge in [0.05, 0.1) is 18.7 Å². The van der Waals surface area contributed by atoms with Gasteiger partial charge in [-0.1, -0.05) is 6.92 Å². The van der Waals surface area contributed by atoms with Gasteiger partial charge in [-0.15, -0.1) is 0 Å². The van der Waals surface area contributed by atoms with E-state index in [2.05, 4.69) is 36.1 Å². The summed E-state index contributed by atoms with van der Waals surface area (Å²) in [6.07, 6.45) is 4.83. The molecule has 5 heteroatoms. The van der Waals surface area contributed by atoms with E-state index in [1.54, 1.807) is 0 Å². The summed E-state index contributed by atoms with van der Waals surface area (Å²) in [7, 11) is 4.05. The number of aryl methyl sites for hydroxylation is 1. The number of aromatic nitrogens is 2. The van der Waals surface area contributed by atoms with Crippen LogP contribution in [-0.4, -0.2) is 51.8 Å². The van der Waals surface area contributed by atoms with Crippen molar-refractivity contribution >= 4 is 0 Å². The van der Waals surface area contributed by atoms with Crippen LogP contribution < -0.4 is 5.32 Å². The molecule has 0 bridgehead atoms. The molecule has 0 saturated heterocycles. The Labute approximate surface area is 110 Å². The Bertz CT molecular complexity index is 353. The third-order valence-electron chi connectivity index (χ3n) is 3.10. The predicted octanol–water partition coefficient (Wildman–Crippen LogP) is 0.602. The zero-order valence-corrected chi connectivity index (χ0v) is 12.0. The summed E-state index contributed by atoms with van der Waals surface area (Å²) in [4.78, 5) is 6.49. The molecule has 0 amide bonds. The standard InChI is InChI=1S/C13H26N4O/c1-5-6-15-13(2,11-18)10-16(3)9-12-14-7-8-17(12)4/h7-8,15,18H,5-6,9-11H2,1-4H3. The molecule has 0 saturated carbocycles. The Morgan fingerprint density at radius 1 is 1.56 bits per heavy atom. The number of nitrogens with one attached hydrogen (secondary N) is 1. The van der Waals surface area contributed by atoms with Gasteiger partial charge in [0.1, 0.15) is 5.82 Å². The molecule has 0 radical (unpaired) electrons. The number of hydrogen-bond donors (Lipinski definition) is 2. The van der Waals surface area contributed by atoms with E-state index in [4.69, 9.17) is 0 Å². The number of likely N-dealkylation sites (N-methyl/N-ethyl adjacent to an activating group) is 1. The van der Waals surface area contributed by atoms with E-state index in [9.17, 15) is 5.11 Å². The van der Waals surface area contributed by atoms with Crippen LogP contribution in [0.3, 0.4) is 0 Å². The van der Waals surface area contributed by atoms with Gasteiger partial charge in [-0.3, -0.25) is 4.90 Å². The highest BCUT2D eigenvalue weighted by Crippen LogP contribution is 2.08. The molecular formula is C13H26N4O. The molecule has 1 heterocycles. The van der Waals surface area contributed by atoms with E-state index in [1.807, 2.05) is 24.0 Å². The van der Waals surface area contributed by atoms with Gasteiger partial charge in [0.2, 0.25) is 0 Å². The summed E-state index contributed by atoms with van der Waals surface area (Å²) in [5.74, 6) is 1.04. The molecule has 1 aromatic heterocycles. The van der Waals surface area contributed by atoms with Crippen LogP contribution >= 0.6 is 0 Å². The van der Waals surface area contributed by atoms with Crippen molar-refractivity contribution in [2.75, 3.05) is 26.7 Å². The van der Waals surface area contributed by atoms with Gasteiger partial charge in [-0.05, 0) is 26.9 Å². The minimum atomic E-state index is -0.254. The topological polar surface area (TPSA) is 53.3 Å². The van der Waals surface area contributed by atoms with Gasteiger partial charge in [0.15, 0.2) is 0 Å². The number of nitrogens with zero attached hydrogens (tertiary/aromatic N) is 3. The first-order valence-corrected chi connectivity index (χ1v) is 6.51. The molecule has 0 aliphatic rings. The number of aliphatic hydroxyl groups is 1. The fraction of sp³-hybridized carbons (Fsp3) is 0.769. The van der Waals surface area contributed by atoms with Crippen LogP contribution in [0.15, 0.2) is 12.4 Å². The van der Waals surface area contributed by atoms with Crippen LogP contribution in [0.5, 0.6) is 0 Å². The molecule has 0 aromatic carbocycles. The fourth-order valence-corrected chi connectivity index (χ4v) is 2.03. The minimum absolute atomic E-state index is 0.137. The largest absolute Gasteiger partial charge is 0.394 e. The van der Waals surface area contributed by atoms with Crippen molar-refractivity contribution in [3.8, 4) is 0 Å². The summed E-state index contributed by atoms with van der Waals surface area (Å²) in [5, 5.41) is 12.9. The lowest BCUT2D eigenvalue weighted by atomic mass is 10.0. The molecule has 18 heavy (non-hydrogen) atoms. The van der Waals surface area contributed by atoms with Crippen molar-refractivity contribution in [1.82, 2.24) is 19.8 Å². The van der Waals surface area contributed by atoms with Gasteiger partial charge < -0.3 is 15.0 Å². The summed E-state index contributed by atoms with van der Waals surface area (Å²) >= 11 is 0. The summed E-state index contributed by atoms with van der Waals surface area (Å²) in [6.45, 7) is 6.81. The number of rotatable bonds is 8. The average Bonchev–Trinajstić information content (AvgIpc) is 2.72. The lowest BCUT2D eigenvalue weighted by Crippen LogP contribution is -2.53. The highest BCUT2D eigenvalue weighted by atomic mass is 16.3. The van der Waals surface area contributed by atoms with Crippen molar-refractivity contribution in [3.63, 3.8) is 0 Å². The predicted molar refractivity (Wildman–Crippen MR) is 73.3 cm³/mol. The third-order valence-corrected chi connectivity index (χ3v) is 3.10. The Kier molecular flexibility index (Phi) is 5.78. The Morgan fingerprint density at radius 3 is 2.78 bits per heavy atom. The van der Waals surface area contributed by atoms with E-state index in [1.165, 1.54) is 0 Å². The van der Waals surface area contributed by atoms with E-state index in [0.717, 1.165) is 31.9 Å². The molecule has 1 rings (SSSR count). The van der Waals surface area contributed by atoms with E-state index >= 15 is 0 Å². The smallest absolute Gasteiger partial charge is 0.122 e. The summed E-state index contributed by atoms with van der Waals surface area (Å²) in [6, 6.07) is 0. The van der Waals surface area contributed by atoms with E-state index in [-0.39, 0.29) is 12.1 Å². The lowest BCUT2D eigenvalue weighted by Gasteiger charge is -2.33. The molecule has 0 spiro atoms. The van der Waals surface area contributed by atoms with Crippen LogP contribution in [0.1, 0.15) is 26.1 Å². The van der Waals surface area contributed by atoms with Crippen molar-refractivity contribution in [2.45, 2.75) is 32.4 Å². The first kappa shape index (κ1) is 15.1. The average molecular weight is 254 g/mol. The minimum Gasteiger partial charge on any atom is -0.394 e. The number of imidazole rings is 1. The third kappa shape index (κ3) is 4.40. The van der Waals surface area contributed by atoms with Crippen molar-refractivity contribution in [2.24, 2.45) is 7.05 Å². The van der Waals surface area contributed by atoms with Gasteiger partial charge in [0, 0.05) is 26.0 Å². The second-order valence-corrected chi connectivity index (χ2v) is 5.27. The van der Waals surface area contributed by atoms with E-state index < -0.39 is 0 Å². The summed E-state index contributed by atoms with van der Waals surface area (Å²) < 4.78 is 2.02. The van der Waals surface area contributed by atoms with Crippen LogP contribution in [0, 0.1) is 0 Å². The quantitative estimate of drug-likeness (QED) is 0.713. The second-order valence-electron chi connectivity index (χ2n) is 5.27. The van der Waals surface area contributed by atoms with Gasteiger partial charge in [0.25, 0.3) is 0 Å². The zero-order chi connectivity index (χ0) is 13.6. The van der Waals surface area contributed by atoms with Gasteiger partial charge in [-0.25, -0.2) is 4.98 Å². The maximum absolute atomic E-state index is 9.53. The van der Waals surface area contributed by atoms with Crippen LogP contribution in [0.2, 0.25) is 0 Å². The molecule has 1 unspecified atom stereocenters. The zero-order valence-electron chi connectivity index (χ0n) is 12.0. The molecule has 2 N–H and O–H groups in total. The summed E-state index contributed by atoms with van der Waals surface area (Å²) in [5.41, 5.74) is -0.254. The highest BCUT2D eigenvalue weighted by Gasteiger charge is 2.24. The number of hydrogen-bond acceptors (Lipinski definition) is 4. The maximum Gasteiger partial charge on any atom is 0.122 e. The van der Waals surface area contributed by atoms with Gasteiger partial charge in [-0.2, -0.15) is 0 Å². The molecule has 0 aliphatic heterocycles. The lowest BCUT2D eigenvalue weighted by molar-refractivity contribution is 0.128. The molecule has 104 valence electrons. The molecule has 0 fully saturated rings. The van der Waals surface area contributed by atoms with Crippen LogP contribution in [-0.2, 0) is 13.6 Å². The Balaban J connectivity index is 2.51. The van der Waals surface area contributed by atoms with Crippen molar-refractivity contribution in [3.05, 3.63) is 18.2 Å². The number of aliphatic hydroxyl groups excluding tert-OH is 1. The maximum atomic E-state index is 9.53. The normalized spacial score (nSPS) is 15.0. The molecular weight excluding hydrogens is 228 g/mol. The molecule has 1 atom stereocenters. The highest BCUT2D eigenvalue weighted by molar-refractivity contribution is 4.92. The van der Waals surface area contributed by atoms with Crippen molar-refractivity contribution in [1.29, 1.82) is 0 Å². The monoisotopic (exact) mass is 254 g/mol. The Morgan fingerprint density at radius 2 is 2.28 bits per heavy atom. The SMILES string of the molecule is CCCNC(C)(CO)CN(C)Cc1nccn1C. The first-order valence-electron chi connectivity index (χ1n) is 6.51. The first-order chi connectivity index (χ1) is 8.50. The molecule has 0 aliphatic carbocycles.